The SMILES string of the molecule is CNc1cc(C(Cc2c[nH]c3ccccc23)NC(=O)c2csc(C)c2)nc(C2CC2)n1. The summed E-state index contributed by atoms with van der Waals surface area (Å²) in [7, 11) is 1.87. The largest absolute Gasteiger partial charge is 0.373 e. The van der Waals surface area contributed by atoms with Crippen LogP contribution < -0.4 is 10.6 Å². The van der Waals surface area contributed by atoms with E-state index >= 15 is 0 Å². The zero-order chi connectivity index (χ0) is 21.4. The lowest BCUT2D eigenvalue weighted by Crippen LogP contribution is -2.30. The molecule has 0 saturated heterocycles. The van der Waals surface area contributed by atoms with Crippen LogP contribution in [-0.4, -0.2) is 27.9 Å². The summed E-state index contributed by atoms with van der Waals surface area (Å²) < 4.78 is 0. The number of thiophene rings is 1. The van der Waals surface area contributed by atoms with Crippen LogP contribution >= 0.6 is 11.3 Å². The van der Waals surface area contributed by atoms with Gasteiger partial charge in [-0.15, -0.1) is 11.3 Å². The molecule has 0 radical (unpaired) electrons. The molecule has 0 aliphatic heterocycles. The van der Waals surface area contributed by atoms with Crippen molar-refractivity contribution >= 4 is 34.0 Å². The molecule has 1 aliphatic carbocycles. The summed E-state index contributed by atoms with van der Waals surface area (Å²) in [5, 5.41) is 9.46. The summed E-state index contributed by atoms with van der Waals surface area (Å²) in [5.41, 5.74) is 3.77. The van der Waals surface area contributed by atoms with Crippen LogP contribution in [0.4, 0.5) is 5.82 Å². The van der Waals surface area contributed by atoms with E-state index in [1.165, 1.54) is 5.39 Å². The van der Waals surface area contributed by atoms with Crippen molar-refractivity contribution < 1.29 is 4.79 Å². The number of nitrogens with zero attached hydrogens (tertiary/aromatic N) is 2. The molecule has 1 saturated carbocycles. The highest BCUT2D eigenvalue weighted by molar-refractivity contribution is 7.10. The van der Waals surface area contributed by atoms with Gasteiger partial charge < -0.3 is 15.6 Å². The molecule has 7 heteroatoms. The molecule has 1 amide bonds. The molecule has 31 heavy (non-hydrogen) atoms. The molecule has 4 aromatic rings. The molecule has 3 aromatic heterocycles. The van der Waals surface area contributed by atoms with E-state index in [9.17, 15) is 4.79 Å². The molecule has 3 heterocycles. The second-order valence-corrected chi connectivity index (χ2v) is 9.21. The van der Waals surface area contributed by atoms with Crippen LogP contribution in [0.2, 0.25) is 0 Å². The Morgan fingerprint density at radius 2 is 2.10 bits per heavy atom. The third kappa shape index (κ3) is 4.18. The molecular weight excluding hydrogens is 406 g/mol. The number of para-hydroxylation sites is 1. The van der Waals surface area contributed by atoms with Gasteiger partial charge in [0.05, 0.1) is 17.3 Å². The molecule has 5 rings (SSSR count). The minimum absolute atomic E-state index is 0.0771. The Hall–Kier alpha value is -3.19. The monoisotopic (exact) mass is 431 g/mol. The lowest BCUT2D eigenvalue weighted by molar-refractivity contribution is 0.0936. The maximum atomic E-state index is 13.0. The summed E-state index contributed by atoms with van der Waals surface area (Å²) in [6.45, 7) is 2.01. The number of aromatic nitrogens is 3. The number of nitrogens with one attached hydrogen (secondary N) is 3. The number of carbonyl (C=O) groups excluding carboxylic acids is 1. The molecular formula is C24H25N5OS. The van der Waals surface area contributed by atoms with Crippen LogP contribution in [0.1, 0.15) is 57.1 Å². The van der Waals surface area contributed by atoms with Gasteiger partial charge in [-0.25, -0.2) is 9.97 Å². The topological polar surface area (TPSA) is 82.7 Å². The lowest BCUT2D eigenvalue weighted by atomic mass is 10.0. The zero-order valence-corrected chi connectivity index (χ0v) is 18.4. The van der Waals surface area contributed by atoms with Gasteiger partial charge in [0.2, 0.25) is 0 Å². The predicted octanol–water partition coefficient (Wildman–Crippen LogP) is 4.96. The van der Waals surface area contributed by atoms with Gasteiger partial charge in [0.25, 0.3) is 5.91 Å². The first-order valence-corrected chi connectivity index (χ1v) is 11.5. The number of fused-ring (bicyclic) bond motifs is 1. The lowest BCUT2D eigenvalue weighted by Gasteiger charge is -2.19. The Morgan fingerprint density at radius 1 is 1.26 bits per heavy atom. The Kier molecular flexibility index (Phi) is 5.19. The van der Waals surface area contributed by atoms with Crippen molar-refractivity contribution in [2.45, 2.75) is 38.1 Å². The van der Waals surface area contributed by atoms with Gasteiger partial charge in [-0.2, -0.15) is 0 Å². The van der Waals surface area contributed by atoms with Crippen LogP contribution in [0.15, 0.2) is 48.0 Å². The zero-order valence-electron chi connectivity index (χ0n) is 17.6. The Labute approximate surface area is 185 Å². The highest BCUT2D eigenvalue weighted by atomic mass is 32.1. The van der Waals surface area contributed by atoms with Crippen molar-refractivity contribution in [1.29, 1.82) is 0 Å². The standard InChI is InChI=1S/C24H25N5OS/c1-14-9-17(13-31-14)24(30)28-20(10-16-12-26-19-6-4-3-5-18(16)19)21-11-22(25-2)29-23(27-21)15-7-8-15/h3-6,9,11-13,15,20,26H,7-8,10H2,1-2H3,(H,28,30)(H,25,27,29). The first kappa shape index (κ1) is 19.8. The number of anilines is 1. The summed E-state index contributed by atoms with van der Waals surface area (Å²) in [5.74, 6) is 2.01. The first-order valence-electron chi connectivity index (χ1n) is 10.6. The van der Waals surface area contributed by atoms with E-state index in [2.05, 4.69) is 32.7 Å². The summed E-state index contributed by atoms with van der Waals surface area (Å²) in [6.07, 6.45) is 4.92. The second-order valence-electron chi connectivity index (χ2n) is 8.10. The molecule has 3 N–H and O–H groups in total. The van der Waals surface area contributed by atoms with Crippen molar-refractivity contribution in [1.82, 2.24) is 20.3 Å². The minimum Gasteiger partial charge on any atom is -0.373 e. The highest BCUT2D eigenvalue weighted by Gasteiger charge is 2.29. The van der Waals surface area contributed by atoms with Crippen molar-refractivity contribution in [3.05, 3.63) is 75.5 Å². The van der Waals surface area contributed by atoms with Crippen molar-refractivity contribution in [2.75, 3.05) is 12.4 Å². The van der Waals surface area contributed by atoms with E-state index in [0.717, 1.165) is 46.1 Å². The number of H-pyrrole nitrogens is 1. The second kappa shape index (κ2) is 8.15. The molecule has 1 fully saturated rings. The Morgan fingerprint density at radius 3 is 2.84 bits per heavy atom. The predicted molar refractivity (Wildman–Crippen MR) is 125 cm³/mol. The van der Waals surface area contributed by atoms with E-state index in [-0.39, 0.29) is 11.9 Å². The van der Waals surface area contributed by atoms with Crippen LogP contribution in [0.5, 0.6) is 0 Å². The number of aromatic amines is 1. The summed E-state index contributed by atoms with van der Waals surface area (Å²) >= 11 is 1.58. The van der Waals surface area contributed by atoms with Crippen LogP contribution in [0.3, 0.4) is 0 Å². The van der Waals surface area contributed by atoms with E-state index in [1.54, 1.807) is 11.3 Å². The van der Waals surface area contributed by atoms with Gasteiger partial charge in [0.1, 0.15) is 11.6 Å². The van der Waals surface area contributed by atoms with Gasteiger partial charge in [-0.05, 0) is 37.5 Å². The number of hydrogen-bond acceptors (Lipinski definition) is 5. The number of amides is 1. The minimum atomic E-state index is -0.264. The molecule has 6 nitrogen and oxygen atoms in total. The fourth-order valence-electron chi connectivity index (χ4n) is 3.87. The van der Waals surface area contributed by atoms with E-state index in [4.69, 9.17) is 4.98 Å². The van der Waals surface area contributed by atoms with E-state index < -0.39 is 0 Å². The normalized spacial score (nSPS) is 14.5. The molecule has 158 valence electrons. The molecule has 0 bridgehead atoms. The Bertz CT molecular complexity index is 1240. The molecule has 0 spiro atoms. The van der Waals surface area contributed by atoms with E-state index in [1.807, 2.05) is 49.8 Å². The average molecular weight is 432 g/mol. The average Bonchev–Trinajstić information content (AvgIpc) is 3.43. The highest BCUT2D eigenvalue weighted by Crippen LogP contribution is 2.39. The van der Waals surface area contributed by atoms with Gasteiger partial charge in [-0.1, -0.05) is 18.2 Å². The number of rotatable bonds is 7. The van der Waals surface area contributed by atoms with Crippen LogP contribution in [-0.2, 0) is 6.42 Å². The third-order valence-corrected chi connectivity index (χ3v) is 6.58. The number of aryl methyl sites for hydroxylation is 1. The smallest absolute Gasteiger partial charge is 0.252 e. The van der Waals surface area contributed by atoms with Gasteiger partial charge in [0, 0.05) is 52.8 Å². The van der Waals surface area contributed by atoms with Crippen LogP contribution in [0, 0.1) is 6.92 Å². The van der Waals surface area contributed by atoms with E-state index in [0.29, 0.717) is 17.9 Å². The van der Waals surface area contributed by atoms with Gasteiger partial charge in [0.15, 0.2) is 0 Å². The Balaban J connectivity index is 1.52. The quantitative estimate of drug-likeness (QED) is 0.386. The molecule has 1 aliphatic rings. The van der Waals surface area contributed by atoms with Crippen LogP contribution in [0.25, 0.3) is 10.9 Å². The molecule has 1 unspecified atom stereocenters. The fourth-order valence-corrected chi connectivity index (χ4v) is 4.55. The summed E-state index contributed by atoms with van der Waals surface area (Å²) in [6, 6.07) is 11.8. The maximum Gasteiger partial charge on any atom is 0.252 e. The fraction of sp³-hybridized carbons (Fsp3) is 0.292. The summed E-state index contributed by atoms with van der Waals surface area (Å²) in [4.78, 5) is 27.0. The molecule has 1 aromatic carbocycles. The third-order valence-electron chi connectivity index (χ3n) is 5.72. The van der Waals surface area contributed by atoms with Crippen molar-refractivity contribution in [3.63, 3.8) is 0 Å². The molecule has 1 atom stereocenters. The number of hydrogen-bond donors (Lipinski definition) is 3. The van der Waals surface area contributed by atoms with Gasteiger partial charge >= 0.3 is 0 Å². The van der Waals surface area contributed by atoms with Gasteiger partial charge in [-0.3, -0.25) is 4.79 Å². The maximum absolute atomic E-state index is 13.0. The first-order chi connectivity index (χ1) is 15.1. The number of benzene rings is 1. The van der Waals surface area contributed by atoms with Crippen molar-refractivity contribution in [3.8, 4) is 0 Å². The van der Waals surface area contributed by atoms with Crippen molar-refractivity contribution in [2.24, 2.45) is 0 Å². The number of carbonyl (C=O) groups is 1.